The van der Waals surface area contributed by atoms with Gasteiger partial charge in [0.1, 0.15) is 4.83 Å². The second-order valence-corrected chi connectivity index (χ2v) is 19.4. The summed E-state index contributed by atoms with van der Waals surface area (Å²) in [6.45, 7) is 4.70. The molecule has 6 heterocycles. The maximum atomic E-state index is 5.64. The number of nitrogens with zero attached hydrogens (tertiary/aromatic N) is 4. The van der Waals surface area contributed by atoms with Gasteiger partial charge in [-0.3, -0.25) is 4.57 Å². The molecule has 6 aromatic heterocycles. The molecule has 8 aromatic carbocycles. The first-order valence-corrected chi connectivity index (χ1v) is 22.5. The molecular formula is C55H32N4S2. The summed E-state index contributed by atoms with van der Waals surface area (Å²) >= 11 is 3.64. The van der Waals surface area contributed by atoms with E-state index < -0.39 is 0 Å². The zero-order chi connectivity index (χ0) is 39.9. The van der Waals surface area contributed by atoms with Gasteiger partial charge >= 0.3 is 0 Å². The fraction of sp³-hybridized carbons (Fsp3) is 0.0545. The fourth-order valence-corrected chi connectivity index (χ4v) is 13.4. The van der Waals surface area contributed by atoms with Crippen LogP contribution >= 0.6 is 22.7 Å². The lowest BCUT2D eigenvalue weighted by molar-refractivity contribution is 0.660. The molecule has 6 heteroatoms. The highest BCUT2D eigenvalue weighted by atomic mass is 32.1. The quantitative estimate of drug-likeness (QED) is 0.178. The van der Waals surface area contributed by atoms with Gasteiger partial charge in [0.2, 0.25) is 5.95 Å². The standard InChI is InChI=1S/C55H32N4S2/c1-55(2)37-13-6-3-10-32(37)33-23-22-31(28-38(33)55)29-18-20-30(21-19-29)51-46-36-12-5-8-17-43(36)61-53(46)57-54(56-51)59-41-16-9-15-40-47(41)48-42(59)25-27-44-49(48)50-45(60-44)26-24-35-34-11-4-7-14-39(34)58(40)52(35)50/h3-28H,1-2H3. The van der Waals surface area contributed by atoms with Crippen LogP contribution in [0.4, 0.5) is 0 Å². The van der Waals surface area contributed by atoms with E-state index in [1.165, 1.54) is 102 Å². The highest BCUT2D eigenvalue weighted by molar-refractivity contribution is 7.26. The van der Waals surface area contributed by atoms with Crippen molar-refractivity contribution in [1.29, 1.82) is 0 Å². The van der Waals surface area contributed by atoms with Gasteiger partial charge in [-0.1, -0.05) is 123 Å². The van der Waals surface area contributed by atoms with Gasteiger partial charge in [0.15, 0.2) is 0 Å². The van der Waals surface area contributed by atoms with Crippen LogP contribution < -0.4 is 0 Å². The predicted molar refractivity (Wildman–Crippen MR) is 259 cm³/mol. The average Bonchev–Trinajstić information content (AvgIpc) is 4.07. The second-order valence-electron chi connectivity index (χ2n) is 17.3. The molecule has 0 N–H and O–H groups in total. The summed E-state index contributed by atoms with van der Waals surface area (Å²) in [6.07, 6.45) is 0. The third-order valence-electron chi connectivity index (χ3n) is 13.9. The molecule has 0 fully saturated rings. The van der Waals surface area contributed by atoms with Crippen LogP contribution in [0.2, 0.25) is 0 Å². The minimum atomic E-state index is -0.0520. The van der Waals surface area contributed by atoms with E-state index in [2.05, 4.69) is 181 Å². The van der Waals surface area contributed by atoms with Crippen LogP contribution in [0.25, 0.3) is 129 Å². The van der Waals surface area contributed by atoms with Gasteiger partial charge in [0, 0.05) is 68.2 Å². The van der Waals surface area contributed by atoms with E-state index in [4.69, 9.17) is 9.97 Å². The molecule has 61 heavy (non-hydrogen) atoms. The zero-order valence-corrected chi connectivity index (χ0v) is 34.7. The molecule has 0 aliphatic heterocycles. The largest absolute Gasteiger partial charge is 0.308 e. The highest BCUT2D eigenvalue weighted by Crippen LogP contribution is 2.52. The maximum Gasteiger partial charge on any atom is 0.236 e. The molecule has 4 nitrogen and oxygen atoms in total. The fourth-order valence-electron chi connectivity index (χ4n) is 11.2. The number of rotatable bonds is 3. The Kier molecular flexibility index (Phi) is 5.99. The van der Waals surface area contributed by atoms with Crippen LogP contribution in [0.15, 0.2) is 158 Å². The monoisotopic (exact) mass is 812 g/mol. The molecule has 0 atom stereocenters. The Hall–Kier alpha value is -7.12. The van der Waals surface area contributed by atoms with Crippen LogP contribution in [0.1, 0.15) is 25.0 Å². The Morgan fingerprint density at radius 3 is 2.07 bits per heavy atom. The van der Waals surface area contributed by atoms with E-state index in [1.54, 1.807) is 11.3 Å². The van der Waals surface area contributed by atoms with Gasteiger partial charge in [0.05, 0.1) is 33.3 Å². The lowest BCUT2D eigenvalue weighted by Crippen LogP contribution is -2.14. The number of para-hydroxylation sites is 1. The number of hydrogen-bond donors (Lipinski definition) is 0. The molecule has 284 valence electrons. The van der Waals surface area contributed by atoms with Crippen molar-refractivity contribution in [3.05, 3.63) is 169 Å². The Balaban J connectivity index is 0.983. The highest BCUT2D eigenvalue weighted by Gasteiger charge is 2.35. The Labute approximate surface area is 356 Å². The number of benzene rings is 8. The number of aromatic nitrogens is 4. The van der Waals surface area contributed by atoms with E-state index in [9.17, 15) is 0 Å². The smallest absolute Gasteiger partial charge is 0.236 e. The van der Waals surface area contributed by atoms with Crippen molar-refractivity contribution in [3.63, 3.8) is 0 Å². The van der Waals surface area contributed by atoms with Crippen molar-refractivity contribution < 1.29 is 0 Å². The van der Waals surface area contributed by atoms with Crippen LogP contribution in [0.3, 0.4) is 0 Å². The van der Waals surface area contributed by atoms with Gasteiger partial charge in [-0.25, -0.2) is 9.97 Å². The molecule has 0 unspecified atom stereocenters. The van der Waals surface area contributed by atoms with Crippen molar-refractivity contribution in [2.75, 3.05) is 0 Å². The molecule has 0 bridgehead atoms. The lowest BCUT2D eigenvalue weighted by Gasteiger charge is -2.22. The van der Waals surface area contributed by atoms with Crippen LogP contribution in [-0.4, -0.2) is 18.9 Å². The van der Waals surface area contributed by atoms with Crippen LogP contribution in [0, 0.1) is 0 Å². The molecule has 15 rings (SSSR count). The van der Waals surface area contributed by atoms with Crippen molar-refractivity contribution in [1.82, 2.24) is 18.9 Å². The normalized spacial score (nSPS) is 13.9. The average molecular weight is 813 g/mol. The summed E-state index contributed by atoms with van der Waals surface area (Å²) in [5.74, 6) is 0.692. The third-order valence-corrected chi connectivity index (χ3v) is 16.1. The summed E-state index contributed by atoms with van der Waals surface area (Å²) in [6, 6.07) is 58.5. The van der Waals surface area contributed by atoms with Crippen molar-refractivity contribution in [2.24, 2.45) is 0 Å². The van der Waals surface area contributed by atoms with E-state index >= 15 is 0 Å². The summed E-state index contributed by atoms with van der Waals surface area (Å²) < 4.78 is 8.69. The minimum absolute atomic E-state index is 0.0520. The molecule has 0 saturated heterocycles. The van der Waals surface area contributed by atoms with E-state index in [1.807, 2.05) is 11.3 Å². The van der Waals surface area contributed by atoms with Crippen molar-refractivity contribution in [2.45, 2.75) is 19.3 Å². The lowest BCUT2D eigenvalue weighted by atomic mass is 9.81. The summed E-state index contributed by atoms with van der Waals surface area (Å²) in [5, 5.41) is 10.1. The number of thiophene rings is 2. The summed E-state index contributed by atoms with van der Waals surface area (Å²) in [4.78, 5) is 12.1. The predicted octanol–water partition coefficient (Wildman–Crippen LogP) is 15.4. The Morgan fingerprint density at radius 1 is 0.443 bits per heavy atom. The number of fused-ring (bicyclic) bond motifs is 10. The molecule has 0 saturated carbocycles. The van der Waals surface area contributed by atoms with Crippen molar-refractivity contribution in [3.8, 4) is 39.5 Å². The third kappa shape index (κ3) is 4.01. The van der Waals surface area contributed by atoms with E-state index in [0.29, 0.717) is 5.95 Å². The SMILES string of the molecule is CC1(C)c2ccccc2-c2ccc(-c3ccc(-c4nc(-n5c6ccc7sc8ccc9c%10ccccc%10n%10c%11cccc5c%11c6c7c8c9%10)nc5sc6ccccc6c45)cc3)cc21. The molecule has 0 amide bonds. The first-order chi connectivity index (χ1) is 30.0. The van der Waals surface area contributed by atoms with Gasteiger partial charge in [-0.15, -0.1) is 22.7 Å². The molecule has 14 aromatic rings. The van der Waals surface area contributed by atoms with E-state index in [0.717, 1.165) is 32.5 Å². The van der Waals surface area contributed by atoms with Gasteiger partial charge in [-0.2, -0.15) is 0 Å². The molecule has 1 aliphatic rings. The van der Waals surface area contributed by atoms with Crippen molar-refractivity contribution >= 4 is 112 Å². The first kappa shape index (κ1) is 32.7. The topological polar surface area (TPSA) is 35.1 Å². The zero-order valence-electron chi connectivity index (χ0n) is 33.1. The van der Waals surface area contributed by atoms with Crippen LogP contribution in [-0.2, 0) is 5.41 Å². The Morgan fingerprint density at radius 2 is 1.15 bits per heavy atom. The molecule has 0 radical (unpaired) electrons. The minimum Gasteiger partial charge on any atom is -0.308 e. The van der Waals surface area contributed by atoms with Gasteiger partial charge in [-0.05, 0) is 81.9 Å². The van der Waals surface area contributed by atoms with Gasteiger partial charge in [0.25, 0.3) is 0 Å². The van der Waals surface area contributed by atoms with Crippen LogP contribution in [0.5, 0.6) is 0 Å². The first-order valence-electron chi connectivity index (χ1n) is 20.9. The second kappa shape index (κ2) is 11.2. The molecule has 0 spiro atoms. The Bertz CT molecular complexity index is 4190. The maximum absolute atomic E-state index is 5.64. The molecule has 1 aliphatic carbocycles. The number of hydrogen-bond acceptors (Lipinski definition) is 4. The molecular weight excluding hydrogens is 781 g/mol. The summed E-state index contributed by atoms with van der Waals surface area (Å²) in [7, 11) is 0. The van der Waals surface area contributed by atoms with E-state index in [-0.39, 0.29) is 5.41 Å². The van der Waals surface area contributed by atoms with Gasteiger partial charge < -0.3 is 4.40 Å². The summed E-state index contributed by atoms with van der Waals surface area (Å²) in [5.41, 5.74) is 15.8.